The molecule has 11 heteroatoms. The van der Waals surface area contributed by atoms with Gasteiger partial charge in [-0.25, -0.2) is 9.59 Å². The minimum atomic E-state index is -1.25. The third kappa shape index (κ3) is 11.0. The van der Waals surface area contributed by atoms with E-state index in [9.17, 15) is 19.5 Å². The van der Waals surface area contributed by atoms with E-state index in [2.05, 4.69) is 39.4 Å². The summed E-state index contributed by atoms with van der Waals surface area (Å²) in [5.74, 6) is -0.979. The zero-order valence-corrected chi connectivity index (χ0v) is 29.8. The van der Waals surface area contributed by atoms with Crippen LogP contribution in [0.1, 0.15) is 87.1 Å². The van der Waals surface area contributed by atoms with Gasteiger partial charge in [-0.2, -0.15) is 0 Å². The number of Topliss-reactive ketones (excluding diaryl/α,β-unsaturated/α-hetero) is 1. The van der Waals surface area contributed by atoms with E-state index >= 15 is 0 Å². The largest absolute Gasteiger partial charge is 0.478 e. The number of piperidine rings is 1. The molecule has 0 amide bonds. The monoisotopic (exact) mass is 713 g/mol. The highest BCUT2D eigenvalue weighted by Crippen LogP contribution is 2.30. The molecule has 2 heterocycles. The molecule has 3 fully saturated rings. The van der Waals surface area contributed by atoms with E-state index in [1.165, 1.54) is 63.6 Å². The Kier molecular flexibility index (Phi) is 16.0. The van der Waals surface area contributed by atoms with E-state index in [4.69, 9.17) is 9.84 Å². The number of ether oxygens (including phenoxy) is 1. The molecule has 0 aromatic heterocycles. The number of carboxylic acids is 2. The highest BCUT2D eigenvalue weighted by Gasteiger charge is 2.29. The lowest BCUT2D eigenvalue weighted by molar-refractivity contribution is 0.0687. The molecular formula is C38H49Cl2N3O6. The zero-order chi connectivity index (χ0) is 33.2. The fraction of sp³-hybridized carbons (Fsp3) is 0.447. The van der Waals surface area contributed by atoms with Crippen molar-refractivity contribution in [3.63, 3.8) is 0 Å². The molecular weight excluding hydrogens is 665 g/mol. The van der Waals surface area contributed by atoms with E-state index < -0.39 is 11.9 Å². The maximum Gasteiger partial charge on any atom is 0.336 e. The van der Waals surface area contributed by atoms with E-state index in [1.807, 2.05) is 30.3 Å². The van der Waals surface area contributed by atoms with Crippen LogP contribution >= 0.6 is 24.8 Å². The second-order valence-electron chi connectivity index (χ2n) is 12.8. The van der Waals surface area contributed by atoms with Gasteiger partial charge in [0.05, 0.1) is 11.1 Å². The Morgan fingerprint density at radius 1 is 0.735 bits per heavy atom. The van der Waals surface area contributed by atoms with Crippen LogP contribution in [-0.2, 0) is 6.54 Å². The third-order valence-corrected chi connectivity index (χ3v) is 9.68. The number of carbonyl (C=O) groups is 3. The van der Waals surface area contributed by atoms with Gasteiger partial charge < -0.3 is 20.3 Å². The van der Waals surface area contributed by atoms with Gasteiger partial charge in [0.1, 0.15) is 11.5 Å². The van der Waals surface area contributed by atoms with Crippen LogP contribution in [0.3, 0.4) is 0 Å². The number of para-hydroxylation sites is 1. The van der Waals surface area contributed by atoms with Gasteiger partial charge in [-0.05, 0) is 93.2 Å². The van der Waals surface area contributed by atoms with Crippen LogP contribution in [0.2, 0.25) is 0 Å². The molecule has 1 saturated carbocycles. The lowest BCUT2D eigenvalue weighted by atomic mass is 9.81. The van der Waals surface area contributed by atoms with E-state index in [0.717, 1.165) is 69.3 Å². The summed E-state index contributed by atoms with van der Waals surface area (Å²) in [6.07, 6.45) is 7.21. The average Bonchev–Trinajstić information content (AvgIpc) is 3.10. The van der Waals surface area contributed by atoms with Crippen molar-refractivity contribution in [2.24, 2.45) is 5.92 Å². The first kappa shape index (κ1) is 40.0. The first-order valence-electron chi connectivity index (χ1n) is 16.9. The van der Waals surface area contributed by atoms with Crippen LogP contribution in [0.4, 0.5) is 0 Å². The number of nitrogens with zero attached hydrogens (tertiary/aromatic N) is 2. The van der Waals surface area contributed by atoms with Crippen LogP contribution in [0.15, 0.2) is 66.7 Å². The number of aromatic carboxylic acids is 2. The molecule has 6 rings (SSSR count). The average molecular weight is 715 g/mol. The first-order chi connectivity index (χ1) is 22.8. The summed E-state index contributed by atoms with van der Waals surface area (Å²) in [5, 5.41) is 21.9. The number of rotatable bonds is 9. The summed E-state index contributed by atoms with van der Waals surface area (Å²) < 4.78 is 5.88. The highest BCUT2D eigenvalue weighted by atomic mass is 35.5. The van der Waals surface area contributed by atoms with Crippen LogP contribution in [0, 0.1) is 12.8 Å². The molecule has 3 N–H and O–H groups in total. The lowest BCUT2D eigenvalue weighted by Gasteiger charge is -2.40. The number of hydrogen-bond acceptors (Lipinski definition) is 7. The fourth-order valence-electron chi connectivity index (χ4n) is 7.04. The van der Waals surface area contributed by atoms with Gasteiger partial charge in [0.15, 0.2) is 5.78 Å². The molecule has 3 aliphatic rings. The molecule has 2 saturated heterocycles. The number of benzene rings is 3. The number of likely N-dealkylation sites (tertiary alicyclic amines) is 1. The van der Waals surface area contributed by atoms with Crippen LogP contribution in [0.25, 0.3) is 0 Å². The van der Waals surface area contributed by atoms with Gasteiger partial charge in [-0.15, -0.1) is 24.8 Å². The van der Waals surface area contributed by atoms with Crippen molar-refractivity contribution in [1.29, 1.82) is 0 Å². The topological polar surface area (TPSA) is 119 Å². The Bertz CT molecular complexity index is 1500. The Balaban J connectivity index is 0.000000261. The molecule has 0 spiro atoms. The predicted octanol–water partition coefficient (Wildman–Crippen LogP) is 7.35. The molecule has 266 valence electrons. The predicted molar refractivity (Wildman–Crippen MR) is 196 cm³/mol. The maximum absolute atomic E-state index is 12.5. The molecule has 1 aliphatic carbocycles. The smallest absolute Gasteiger partial charge is 0.336 e. The van der Waals surface area contributed by atoms with Crippen molar-refractivity contribution >= 4 is 42.5 Å². The summed E-state index contributed by atoms with van der Waals surface area (Å²) in [6, 6.07) is 22.0. The normalized spacial score (nSPS) is 17.4. The Labute approximate surface area is 301 Å². The SMILES string of the molecule is Cc1c(C(=O)O)ccc(C(=O)C2CCCCC2)c1C(=O)O.Cl.Cl.c1ccc(Oc2ccc(CN3CCC(N4CCNCC4)CC3)cc2)cc1. The Morgan fingerprint density at radius 2 is 1.33 bits per heavy atom. The molecule has 3 aromatic rings. The fourth-order valence-corrected chi connectivity index (χ4v) is 7.04. The number of hydrogen-bond donors (Lipinski definition) is 3. The summed E-state index contributed by atoms with van der Waals surface area (Å²) in [4.78, 5) is 40.4. The van der Waals surface area contributed by atoms with Crippen LogP contribution in [0.5, 0.6) is 11.5 Å². The highest BCUT2D eigenvalue weighted by molar-refractivity contribution is 6.09. The van der Waals surface area contributed by atoms with E-state index in [1.54, 1.807) is 0 Å². The Morgan fingerprint density at radius 3 is 1.92 bits per heavy atom. The third-order valence-electron chi connectivity index (χ3n) is 9.68. The molecule has 0 atom stereocenters. The number of piperazine rings is 1. The second kappa shape index (κ2) is 19.6. The van der Waals surface area contributed by atoms with Gasteiger partial charge >= 0.3 is 11.9 Å². The summed E-state index contributed by atoms with van der Waals surface area (Å²) in [5.41, 5.74) is 1.39. The first-order valence-corrected chi connectivity index (χ1v) is 16.9. The minimum Gasteiger partial charge on any atom is -0.478 e. The molecule has 0 radical (unpaired) electrons. The molecule has 49 heavy (non-hydrogen) atoms. The van der Waals surface area contributed by atoms with Crippen LogP contribution < -0.4 is 10.1 Å². The van der Waals surface area contributed by atoms with Crippen molar-refractivity contribution in [2.45, 2.75) is 64.5 Å². The maximum atomic E-state index is 12.5. The summed E-state index contributed by atoms with van der Waals surface area (Å²) >= 11 is 0. The van der Waals surface area contributed by atoms with Crippen LogP contribution in [-0.4, -0.2) is 83.0 Å². The van der Waals surface area contributed by atoms with Crippen molar-refractivity contribution in [3.05, 3.63) is 94.5 Å². The number of carbonyl (C=O) groups excluding carboxylic acids is 1. The number of carboxylic acid groups (broad SMARTS) is 2. The lowest BCUT2D eigenvalue weighted by Crippen LogP contribution is -2.51. The summed E-state index contributed by atoms with van der Waals surface area (Å²) in [7, 11) is 0. The van der Waals surface area contributed by atoms with Gasteiger partial charge in [0.2, 0.25) is 0 Å². The second-order valence-corrected chi connectivity index (χ2v) is 12.8. The van der Waals surface area contributed by atoms with Gasteiger partial charge in [-0.1, -0.05) is 49.6 Å². The zero-order valence-electron chi connectivity index (χ0n) is 28.1. The minimum absolute atomic E-state index is 0. The number of nitrogens with one attached hydrogen (secondary N) is 1. The van der Waals surface area contributed by atoms with Crippen molar-refractivity contribution < 1.29 is 29.3 Å². The van der Waals surface area contributed by atoms with Gasteiger partial charge in [0.25, 0.3) is 0 Å². The van der Waals surface area contributed by atoms with E-state index in [0.29, 0.717) is 0 Å². The number of ketones is 1. The van der Waals surface area contributed by atoms with Crippen molar-refractivity contribution in [3.8, 4) is 11.5 Å². The molecule has 0 bridgehead atoms. The van der Waals surface area contributed by atoms with Gasteiger partial charge in [0, 0.05) is 50.2 Å². The van der Waals surface area contributed by atoms with Crippen molar-refractivity contribution in [2.75, 3.05) is 39.3 Å². The standard InChI is InChI=1S/C22H29N3O.C16H18O5.2ClH/c1-2-4-21(5-3-1)26-22-8-6-19(7-9-22)18-24-14-10-20(11-15-24)25-16-12-23-13-17-25;1-9-11(15(18)19)7-8-12(13(9)16(20)21)14(17)10-5-3-2-4-6-10;;/h1-9,20,23H,10-18H2;7-8,10H,2-6H2,1H3,(H,18,19)(H,20,21);2*1H. The van der Waals surface area contributed by atoms with E-state index in [-0.39, 0.29) is 58.8 Å². The molecule has 2 aliphatic heterocycles. The quantitative estimate of drug-likeness (QED) is 0.196. The van der Waals surface area contributed by atoms with Gasteiger partial charge in [-0.3, -0.25) is 14.6 Å². The van der Waals surface area contributed by atoms with Crippen molar-refractivity contribution in [1.82, 2.24) is 15.1 Å². The molecule has 0 unspecified atom stereocenters. The molecule has 3 aromatic carbocycles. The Hall–Kier alpha value is -3.47. The number of halogens is 2. The molecule has 9 nitrogen and oxygen atoms in total. The summed E-state index contributed by atoms with van der Waals surface area (Å²) in [6.45, 7) is 9.62.